The molecule has 0 fully saturated rings. The lowest BCUT2D eigenvalue weighted by molar-refractivity contribution is -0.122. The zero-order valence-electron chi connectivity index (χ0n) is 16.1. The predicted molar refractivity (Wildman–Crippen MR) is 115 cm³/mol. The highest BCUT2D eigenvalue weighted by molar-refractivity contribution is 9.10. The van der Waals surface area contributed by atoms with Gasteiger partial charge in [-0.25, -0.2) is 4.39 Å². The number of hydrogen-bond donors (Lipinski definition) is 1. The Bertz CT molecular complexity index is 1090. The van der Waals surface area contributed by atoms with Gasteiger partial charge in [-0.1, -0.05) is 6.07 Å². The quantitative estimate of drug-likeness (QED) is 0.519. The van der Waals surface area contributed by atoms with Crippen molar-refractivity contribution < 1.29 is 13.9 Å². The van der Waals surface area contributed by atoms with Crippen LogP contribution in [0.3, 0.4) is 0 Å². The number of thiophene rings is 1. The molecule has 0 aliphatic heterocycles. The van der Waals surface area contributed by atoms with E-state index in [1.165, 1.54) is 18.2 Å². The second-order valence-corrected chi connectivity index (χ2v) is 8.42. The minimum atomic E-state index is -0.853. The lowest BCUT2D eigenvalue weighted by Gasteiger charge is -2.17. The number of amides is 1. The van der Waals surface area contributed by atoms with E-state index in [4.69, 9.17) is 4.74 Å². The van der Waals surface area contributed by atoms with Crippen LogP contribution in [-0.2, 0) is 11.3 Å². The van der Waals surface area contributed by atoms with Crippen molar-refractivity contribution in [2.45, 2.75) is 33.4 Å². The molecule has 0 saturated heterocycles. The smallest absolute Gasteiger partial charge is 0.266 e. The van der Waals surface area contributed by atoms with Crippen molar-refractivity contribution in [2.24, 2.45) is 0 Å². The fourth-order valence-corrected chi connectivity index (χ4v) is 4.06. The van der Waals surface area contributed by atoms with Crippen molar-refractivity contribution in [2.75, 3.05) is 5.32 Å². The summed E-state index contributed by atoms with van der Waals surface area (Å²) in [6.45, 7) is 5.95. The fourth-order valence-electron chi connectivity index (χ4n) is 2.92. The van der Waals surface area contributed by atoms with E-state index in [2.05, 4.69) is 27.3 Å². The molecule has 2 aromatic heterocycles. The Balaban J connectivity index is 1.85. The number of carbonyl (C=O) groups excluding carboxylic acids is 1. The largest absolute Gasteiger partial charge is 0.480 e. The molecule has 0 aliphatic rings. The summed E-state index contributed by atoms with van der Waals surface area (Å²) in [4.78, 5) is 13.9. The van der Waals surface area contributed by atoms with Gasteiger partial charge in [0.2, 0.25) is 0 Å². The van der Waals surface area contributed by atoms with Crippen molar-refractivity contribution in [1.82, 2.24) is 4.57 Å². The first-order chi connectivity index (χ1) is 13.8. The first-order valence-corrected chi connectivity index (χ1v) is 10.5. The number of ether oxygens (including phenoxy) is 1. The van der Waals surface area contributed by atoms with Crippen LogP contribution >= 0.6 is 27.3 Å². The highest BCUT2D eigenvalue weighted by Crippen LogP contribution is 2.29. The highest BCUT2D eigenvalue weighted by Gasteiger charge is 2.23. The lowest BCUT2D eigenvalue weighted by Crippen LogP contribution is -2.31. The van der Waals surface area contributed by atoms with Crippen LogP contribution in [0.15, 0.2) is 40.2 Å². The van der Waals surface area contributed by atoms with Gasteiger partial charge in [0.05, 0.1) is 16.6 Å². The zero-order valence-corrected chi connectivity index (χ0v) is 18.5. The third kappa shape index (κ3) is 4.52. The van der Waals surface area contributed by atoms with E-state index in [9.17, 15) is 14.4 Å². The molecule has 1 N–H and O–H groups in total. The standard InChI is InChI=1S/C21H19BrFN3O2S/c1-12-13(2)26(11-16-5-4-8-29-16)20(17(12)10-24)25-21(27)14(3)28-19-7-6-15(23)9-18(19)22/h4-9,14H,11H2,1-3H3,(H,25,27)/t14-/m0/s1. The van der Waals surface area contributed by atoms with Crippen LogP contribution in [-0.4, -0.2) is 16.6 Å². The number of anilines is 1. The topological polar surface area (TPSA) is 67.1 Å². The average molecular weight is 476 g/mol. The van der Waals surface area contributed by atoms with E-state index in [-0.39, 0.29) is 0 Å². The van der Waals surface area contributed by atoms with Crippen molar-refractivity contribution in [3.05, 3.63) is 67.7 Å². The minimum Gasteiger partial charge on any atom is -0.480 e. The monoisotopic (exact) mass is 475 g/mol. The van der Waals surface area contributed by atoms with Crippen molar-refractivity contribution >= 4 is 39.0 Å². The number of nitrogens with zero attached hydrogens (tertiary/aromatic N) is 2. The van der Waals surface area contributed by atoms with E-state index in [1.54, 1.807) is 18.3 Å². The van der Waals surface area contributed by atoms with E-state index < -0.39 is 17.8 Å². The second kappa shape index (κ2) is 8.80. The molecular formula is C21H19BrFN3O2S. The molecule has 0 unspecified atom stereocenters. The summed E-state index contributed by atoms with van der Waals surface area (Å²) < 4.78 is 21.3. The van der Waals surface area contributed by atoms with Gasteiger partial charge in [0.1, 0.15) is 23.5 Å². The van der Waals surface area contributed by atoms with Gasteiger partial charge < -0.3 is 14.6 Å². The zero-order chi connectivity index (χ0) is 21.1. The molecule has 0 saturated carbocycles. The lowest BCUT2D eigenvalue weighted by atomic mass is 10.2. The molecule has 3 aromatic rings. The molecule has 0 spiro atoms. The maximum absolute atomic E-state index is 13.3. The number of rotatable bonds is 6. The molecule has 1 aromatic carbocycles. The number of halogens is 2. The van der Waals surface area contributed by atoms with Crippen molar-refractivity contribution in [3.8, 4) is 11.8 Å². The van der Waals surface area contributed by atoms with Gasteiger partial charge in [-0.15, -0.1) is 11.3 Å². The van der Waals surface area contributed by atoms with Crippen molar-refractivity contribution in [1.29, 1.82) is 5.26 Å². The van der Waals surface area contributed by atoms with Gasteiger partial charge in [-0.2, -0.15) is 5.26 Å². The summed E-state index contributed by atoms with van der Waals surface area (Å²) in [6, 6.07) is 10.2. The molecule has 0 bridgehead atoms. The average Bonchev–Trinajstić information content (AvgIpc) is 3.27. The Morgan fingerprint density at radius 2 is 2.17 bits per heavy atom. The van der Waals surface area contributed by atoms with Crippen LogP contribution in [0.4, 0.5) is 10.2 Å². The van der Waals surface area contributed by atoms with Gasteiger partial charge in [-0.05, 0) is 71.9 Å². The summed E-state index contributed by atoms with van der Waals surface area (Å²) in [5, 5.41) is 14.5. The van der Waals surface area contributed by atoms with Gasteiger partial charge in [-0.3, -0.25) is 4.79 Å². The van der Waals surface area contributed by atoms with Crippen LogP contribution in [0.5, 0.6) is 5.75 Å². The summed E-state index contributed by atoms with van der Waals surface area (Å²) in [7, 11) is 0. The maximum atomic E-state index is 13.3. The van der Waals surface area contributed by atoms with Crippen LogP contribution in [0.2, 0.25) is 0 Å². The Hall–Kier alpha value is -2.63. The third-order valence-electron chi connectivity index (χ3n) is 4.64. The maximum Gasteiger partial charge on any atom is 0.266 e. The Morgan fingerprint density at radius 1 is 1.41 bits per heavy atom. The van der Waals surface area contributed by atoms with Gasteiger partial charge in [0.15, 0.2) is 6.10 Å². The summed E-state index contributed by atoms with van der Waals surface area (Å²) in [5.74, 6) is 0.00501. The number of nitrogens with one attached hydrogen (secondary N) is 1. The van der Waals surface area contributed by atoms with Crippen LogP contribution < -0.4 is 10.1 Å². The van der Waals surface area contributed by atoms with Crippen LogP contribution in [0, 0.1) is 31.0 Å². The third-order valence-corrected chi connectivity index (χ3v) is 6.12. The van der Waals surface area contributed by atoms with E-state index in [1.807, 2.05) is 35.9 Å². The van der Waals surface area contributed by atoms with Crippen molar-refractivity contribution in [3.63, 3.8) is 0 Å². The Labute approximate surface area is 180 Å². The summed E-state index contributed by atoms with van der Waals surface area (Å²) in [5.41, 5.74) is 2.18. The molecule has 5 nitrogen and oxygen atoms in total. The summed E-state index contributed by atoms with van der Waals surface area (Å²) in [6.07, 6.45) is -0.853. The molecule has 150 valence electrons. The Kier molecular flexibility index (Phi) is 6.40. The first-order valence-electron chi connectivity index (χ1n) is 8.86. The molecule has 0 radical (unpaired) electrons. The van der Waals surface area contributed by atoms with Gasteiger partial charge in [0, 0.05) is 10.6 Å². The molecule has 1 atom stereocenters. The van der Waals surface area contributed by atoms with Gasteiger partial charge in [0.25, 0.3) is 5.91 Å². The van der Waals surface area contributed by atoms with Gasteiger partial charge >= 0.3 is 0 Å². The van der Waals surface area contributed by atoms with E-state index in [0.29, 0.717) is 28.1 Å². The predicted octanol–water partition coefficient (Wildman–Crippen LogP) is 5.39. The first kappa shape index (κ1) is 21.1. The van der Waals surface area contributed by atoms with E-state index >= 15 is 0 Å². The fraction of sp³-hybridized carbons (Fsp3) is 0.238. The number of aromatic nitrogens is 1. The molecule has 3 rings (SSSR count). The molecule has 0 aliphatic carbocycles. The number of carbonyl (C=O) groups is 1. The molecule has 2 heterocycles. The number of nitriles is 1. The van der Waals surface area contributed by atoms with E-state index in [0.717, 1.165) is 16.1 Å². The minimum absolute atomic E-state index is 0.357. The molecule has 29 heavy (non-hydrogen) atoms. The molecular weight excluding hydrogens is 457 g/mol. The number of hydrogen-bond acceptors (Lipinski definition) is 4. The van der Waals surface area contributed by atoms with Crippen LogP contribution in [0.25, 0.3) is 0 Å². The SMILES string of the molecule is Cc1c(C#N)c(NC(=O)[C@H](C)Oc2ccc(F)cc2Br)n(Cc2cccs2)c1C. The summed E-state index contributed by atoms with van der Waals surface area (Å²) >= 11 is 4.84. The molecule has 8 heteroatoms. The second-order valence-electron chi connectivity index (χ2n) is 6.54. The van der Waals surface area contributed by atoms with Crippen LogP contribution in [0.1, 0.15) is 28.6 Å². The number of benzene rings is 1. The molecule has 1 amide bonds. The Morgan fingerprint density at radius 3 is 2.79 bits per heavy atom. The highest BCUT2D eigenvalue weighted by atomic mass is 79.9. The normalized spacial score (nSPS) is 11.7.